The Morgan fingerprint density at radius 2 is 1.63 bits per heavy atom. The van der Waals surface area contributed by atoms with Crippen molar-refractivity contribution < 1.29 is 4.74 Å². The van der Waals surface area contributed by atoms with Crippen LogP contribution in [-0.4, -0.2) is 36.1 Å². The molecule has 138 valence electrons. The Morgan fingerprint density at radius 3 is 2.37 bits per heavy atom. The summed E-state index contributed by atoms with van der Waals surface area (Å²) in [4.78, 5) is 13.3. The molecule has 5 nitrogen and oxygen atoms in total. The van der Waals surface area contributed by atoms with Crippen LogP contribution in [0.25, 0.3) is 0 Å². The van der Waals surface area contributed by atoms with Crippen LogP contribution >= 0.6 is 11.6 Å². The summed E-state index contributed by atoms with van der Waals surface area (Å²) in [6, 6.07) is 17.9. The predicted octanol–water partition coefficient (Wildman–Crippen LogP) is 4.56. The highest BCUT2D eigenvalue weighted by molar-refractivity contribution is 6.30. The van der Waals surface area contributed by atoms with Crippen LogP contribution in [0.5, 0.6) is 11.6 Å². The number of anilines is 2. The minimum absolute atomic E-state index is 0.517. The maximum absolute atomic E-state index is 6.01. The van der Waals surface area contributed by atoms with E-state index in [4.69, 9.17) is 16.3 Å². The van der Waals surface area contributed by atoms with Crippen LogP contribution in [0.3, 0.4) is 0 Å². The second kappa shape index (κ2) is 7.84. The third-order valence-corrected chi connectivity index (χ3v) is 4.88. The highest BCUT2D eigenvalue weighted by atomic mass is 35.5. The first-order valence-electron chi connectivity index (χ1n) is 8.99. The van der Waals surface area contributed by atoms with E-state index >= 15 is 0 Å². The van der Waals surface area contributed by atoms with Crippen LogP contribution < -0.4 is 14.5 Å². The summed E-state index contributed by atoms with van der Waals surface area (Å²) in [6.07, 6.45) is 1.54. The van der Waals surface area contributed by atoms with Crippen molar-refractivity contribution in [1.82, 2.24) is 9.97 Å². The Kier molecular flexibility index (Phi) is 5.12. The lowest BCUT2D eigenvalue weighted by Crippen LogP contribution is -2.46. The second-order valence-electron chi connectivity index (χ2n) is 6.58. The molecule has 0 bridgehead atoms. The molecule has 27 heavy (non-hydrogen) atoms. The molecule has 4 rings (SSSR count). The molecule has 0 N–H and O–H groups in total. The lowest BCUT2D eigenvalue weighted by Gasteiger charge is -2.36. The normalized spacial score (nSPS) is 14.3. The number of ether oxygens (including phenoxy) is 1. The SMILES string of the molecule is Cc1ccc(N2CCN(c3cc(Oc4cccc(Cl)c4)ncn3)CC2)cc1. The number of hydrogen-bond acceptors (Lipinski definition) is 5. The maximum atomic E-state index is 6.01. The van der Waals surface area contributed by atoms with Gasteiger partial charge in [0, 0.05) is 43.0 Å². The van der Waals surface area contributed by atoms with Crippen LogP contribution in [0.15, 0.2) is 60.9 Å². The lowest BCUT2D eigenvalue weighted by molar-refractivity contribution is 0.461. The fourth-order valence-corrected chi connectivity index (χ4v) is 3.34. The number of nitrogens with zero attached hydrogens (tertiary/aromatic N) is 4. The molecule has 1 aromatic heterocycles. The van der Waals surface area contributed by atoms with Gasteiger partial charge in [-0.15, -0.1) is 0 Å². The molecule has 1 aliphatic rings. The number of rotatable bonds is 4. The van der Waals surface area contributed by atoms with Gasteiger partial charge in [0.15, 0.2) is 0 Å². The number of benzene rings is 2. The molecular weight excluding hydrogens is 360 g/mol. The first-order chi connectivity index (χ1) is 13.2. The highest BCUT2D eigenvalue weighted by Gasteiger charge is 2.19. The van der Waals surface area contributed by atoms with Gasteiger partial charge in [0.25, 0.3) is 0 Å². The van der Waals surface area contributed by atoms with Crippen molar-refractivity contribution in [2.45, 2.75) is 6.92 Å². The molecule has 0 aliphatic carbocycles. The minimum atomic E-state index is 0.517. The average molecular weight is 381 g/mol. The van der Waals surface area contributed by atoms with Gasteiger partial charge in [-0.3, -0.25) is 0 Å². The smallest absolute Gasteiger partial charge is 0.224 e. The molecule has 0 atom stereocenters. The molecule has 0 unspecified atom stereocenters. The van der Waals surface area contributed by atoms with E-state index in [1.54, 1.807) is 12.4 Å². The van der Waals surface area contributed by atoms with Gasteiger partial charge in [-0.2, -0.15) is 0 Å². The predicted molar refractivity (Wildman–Crippen MR) is 109 cm³/mol. The molecule has 1 fully saturated rings. The summed E-state index contributed by atoms with van der Waals surface area (Å²) < 4.78 is 5.82. The topological polar surface area (TPSA) is 41.5 Å². The van der Waals surface area contributed by atoms with Crippen LogP contribution in [0.4, 0.5) is 11.5 Å². The molecule has 0 radical (unpaired) electrons. The fraction of sp³-hybridized carbons (Fsp3) is 0.238. The van der Waals surface area contributed by atoms with E-state index in [9.17, 15) is 0 Å². The Morgan fingerprint density at radius 1 is 0.889 bits per heavy atom. The van der Waals surface area contributed by atoms with E-state index in [1.807, 2.05) is 24.3 Å². The average Bonchev–Trinajstić information content (AvgIpc) is 2.69. The van der Waals surface area contributed by atoms with Crippen molar-refractivity contribution in [1.29, 1.82) is 0 Å². The third kappa shape index (κ3) is 4.31. The molecule has 6 heteroatoms. The molecule has 1 saturated heterocycles. The van der Waals surface area contributed by atoms with Crippen LogP contribution in [0.1, 0.15) is 5.56 Å². The van der Waals surface area contributed by atoms with Crippen molar-refractivity contribution in [3.63, 3.8) is 0 Å². The van der Waals surface area contributed by atoms with E-state index in [0.717, 1.165) is 32.0 Å². The standard InChI is InChI=1S/C21H21ClN4O/c1-16-5-7-18(8-6-16)25-9-11-26(12-10-25)20-14-21(24-15-23-20)27-19-4-2-3-17(22)13-19/h2-8,13-15H,9-12H2,1H3. The second-order valence-corrected chi connectivity index (χ2v) is 7.02. The number of halogens is 1. The molecule has 2 aromatic carbocycles. The summed E-state index contributed by atoms with van der Waals surface area (Å²) in [7, 11) is 0. The first kappa shape index (κ1) is 17.6. The van der Waals surface area contributed by atoms with Crippen molar-refractivity contribution >= 4 is 23.1 Å². The van der Waals surface area contributed by atoms with Crippen molar-refractivity contribution in [2.75, 3.05) is 36.0 Å². The van der Waals surface area contributed by atoms with Crippen molar-refractivity contribution in [2.24, 2.45) is 0 Å². The van der Waals surface area contributed by atoms with E-state index in [1.165, 1.54) is 11.3 Å². The number of hydrogen-bond donors (Lipinski definition) is 0. The lowest BCUT2D eigenvalue weighted by atomic mass is 10.2. The van der Waals surface area contributed by atoms with Gasteiger partial charge in [0.1, 0.15) is 17.9 Å². The monoisotopic (exact) mass is 380 g/mol. The minimum Gasteiger partial charge on any atom is -0.439 e. The van der Waals surface area contributed by atoms with Gasteiger partial charge in [0.05, 0.1) is 0 Å². The zero-order valence-corrected chi connectivity index (χ0v) is 15.9. The summed E-state index contributed by atoms with van der Waals surface area (Å²) in [5.41, 5.74) is 2.55. The maximum Gasteiger partial charge on any atom is 0.224 e. The zero-order valence-electron chi connectivity index (χ0n) is 15.2. The van der Waals surface area contributed by atoms with Crippen LogP contribution in [0, 0.1) is 6.92 Å². The molecule has 3 aromatic rings. The Labute approximate surface area is 164 Å². The molecular formula is C21H21ClN4O. The summed E-state index contributed by atoms with van der Waals surface area (Å²) in [5, 5.41) is 0.633. The molecule has 0 spiro atoms. The molecule has 0 saturated carbocycles. The fourth-order valence-electron chi connectivity index (χ4n) is 3.16. The van der Waals surface area contributed by atoms with Crippen molar-refractivity contribution in [3.8, 4) is 11.6 Å². The van der Waals surface area contributed by atoms with Gasteiger partial charge in [-0.05, 0) is 37.3 Å². The Hall–Kier alpha value is -2.79. The number of aromatic nitrogens is 2. The van der Waals surface area contributed by atoms with E-state index < -0.39 is 0 Å². The number of aryl methyl sites for hydroxylation is 1. The summed E-state index contributed by atoms with van der Waals surface area (Å²) in [6.45, 7) is 5.83. The van der Waals surface area contributed by atoms with Crippen LogP contribution in [0.2, 0.25) is 5.02 Å². The van der Waals surface area contributed by atoms with E-state index in [0.29, 0.717) is 16.7 Å². The summed E-state index contributed by atoms with van der Waals surface area (Å²) in [5.74, 6) is 2.06. The molecule has 2 heterocycles. The molecule has 1 aliphatic heterocycles. The van der Waals surface area contributed by atoms with Gasteiger partial charge < -0.3 is 14.5 Å². The van der Waals surface area contributed by atoms with Crippen molar-refractivity contribution in [3.05, 3.63) is 71.5 Å². The van der Waals surface area contributed by atoms with Gasteiger partial charge in [0.2, 0.25) is 5.88 Å². The Balaban J connectivity index is 1.42. The summed E-state index contributed by atoms with van der Waals surface area (Å²) >= 11 is 6.01. The zero-order chi connectivity index (χ0) is 18.6. The third-order valence-electron chi connectivity index (χ3n) is 4.65. The van der Waals surface area contributed by atoms with Gasteiger partial charge in [-0.25, -0.2) is 9.97 Å². The van der Waals surface area contributed by atoms with E-state index in [-0.39, 0.29) is 0 Å². The van der Waals surface area contributed by atoms with Gasteiger partial charge >= 0.3 is 0 Å². The van der Waals surface area contributed by atoms with Crippen LogP contribution in [-0.2, 0) is 0 Å². The van der Waals surface area contributed by atoms with Gasteiger partial charge in [-0.1, -0.05) is 35.4 Å². The number of piperazine rings is 1. The highest BCUT2D eigenvalue weighted by Crippen LogP contribution is 2.25. The quantitative estimate of drug-likeness (QED) is 0.663. The van der Waals surface area contributed by atoms with E-state index in [2.05, 4.69) is 51.0 Å². The Bertz CT molecular complexity index is 908. The largest absolute Gasteiger partial charge is 0.439 e. The first-order valence-corrected chi connectivity index (χ1v) is 9.37. The molecule has 0 amide bonds.